The van der Waals surface area contributed by atoms with Gasteiger partial charge >= 0.3 is 5.97 Å². The van der Waals surface area contributed by atoms with Crippen molar-refractivity contribution >= 4 is 17.6 Å². The Hall–Kier alpha value is -2.89. The highest BCUT2D eigenvalue weighted by molar-refractivity contribution is 5.98. The maximum Gasteiger partial charge on any atom is 0.338 e. The molecule has 25 heavy (non-hydrogen) atoms. The topological polar surface area (TPSA) is 64.6 Å². The number of amides is 1. The van der Waals surface area contributed by atoms with E-state index in [1.807, 2.05) is 6.92 Å². The molecule has 0 bridgehead atoms. The number of halogens is 1. The number of benzene rings is 2. The van der Waals surface area contributed by atoms with E-state index in [1.165, 1.54) is 31.4 Å². The lowest BCUT2D eigenvalue weighted by molar-refractivity contribution is -0.122. The maximum atomic E-state index is 13.0. The summed E-state index contributed by atoms with van der Waals surface area (Å²) in [5, 5.41) is 2.77. The van der Waals surface area contributed by atoms with Crippen molar-refractivity contribution < 1.29 is 23.5 Å². The van der Waals surface area contributed by atoms with Crippen LogP contribution in [0, 0.1) is 12.7 Å². The number of ether oxygens (including phenoxy) is 2. The van der Waals surface area contributed by atoms with Crippen molar-refractivity contribution in [2.45, 2.75) is 26.4 Å². The Bertz CT molecular complexity index is 759. The molecule has 132 valence electrons. The summed E-state index contributed by atoms with van der Waals surface area (Å²) in [5.74, 6) is -0.788. The summed E-state index contributed by atoms with van der Waals surface area (Å²) < 4.78 is 23.3. The fourth-order valence-corrected chi connectivity index (χ4v) is 2.32. The quantitative estimate of drug-likeness (QED) is 0.811. The third-order valence-electron chi connectivity index (χ3n) is 3.75. The van der Waals surface area contributed by atoms with Crippen molar-refractivity contribution in [2.75, 3.05) is 12.4 Å². The molecule has 0 saturated heterocycles. The van der Waals surface area contributed by atoms with Gasteiger partial charge in [0, 0.05) is 5.69 Å². The molecule has 1 atom stereocenters. The second-order valence-electron chi connectivity index (χ2n) is 5.43. The molecule has 0 fully saturated rings. The van der Waals surface area contributed by atoms with Gasteiger partial charge < -0.3 is 14.8 Å². The fraction of sp³-hybridized carbons (Fsp3) is 0.263. The predicted octanol–water partition coefficient (Wildman–Crippen LogP) is 3.72. The molecule has 1 unspecified atom stereocenters. The van der Waals surface area contributed by atoms with Gasteiger partial charge in [0.25, 0.3) is 5.91 Å². The van der Waals surface area contributed by atoms with Crippen molar-refractivity contribution in [1.82, 2.24) is 0 Å². The van der Waals surface area contributed by atoms with E-state index >= 15 is 0 Å². The van der Waals surface area contributed by atoms with Gasteiger partial charge in [0.15, 0.2) is 6.10 Å². The standard InChI is InChI=1S/C19H20FNO4/c1-4-17(25-14-10-8-13(20)9-11-14)18(22)21-16-7-5-6-15(12(16)2)19(23)24-3/h5-11,17H,4H2,1-3H3,(H,21,22). The van der Waals surface area contributed by atoms with E-state index in [4.69, 9.17) is 9.47 Å². The van der Waals surface area contributed by atoms with Crippen LogP contribution in [0.1, 0.15) is 29.3 Å². The summed E-state index contributed by atoms with van der Waals surface area (Å²) in [6.07, 6.45) is -0.314. The van der Waals surface area contributed by atoms with Crippen LogP contribution in [-0.4, -0.2) is 25.1 Å². The summed E-state index contributed by atoms with van der Waals surface area (Å²) in [7, 11) is 1.30. The molecule has 0 heterocycles. The molecule has 0 spiro atoms. The van der Waals surface area contributed by atoms with E-state index in [2.05, 4.69) is 5.32 Å². The van der Waals surface area contributed by atoms with Gasteiger partial charge in [-0.15, -0.1) is 0 Å². The minimum Gasteiger partial charge on any atom is -0.481 e. The van der Waals surface area contributed by atoms with E-state index in [1.54, 1.807) is 25.1 Å². The van der Waals surface area contributed by atoms with Crippen LogP contribution in [0.25, 0.3) is 0 Å². The van der Waals surface area contributed by atoms with E-state index < -0.39 is 12.1 Å². The zero-order chi connectivity index (χ0) is 18.4. The van der Waals surface area contributed by atoms with E-state index in [-0.39, 0.29) is 11.7 Å². The number of anilines is 1. The van der Waals surface area contributed by atoms with Gasteiger partial charge in [-0.1, -0.05) is 13.0 Å². The third-order valence-corrected chi connectivity index (χ3v) is 3.75. The Labute approximate surface area is 145 Å². The molecule has 0 aliphatic heterocycles. The number of rotatable bonds is 6. The van der Waals surface area contributed by atoms with Crippen LogP contribution in [0.5, 0.6) is 5.75 Å². The fourth-order valence-electron chi connectivity index (χ4n) is 2.32. The van der Waals surface area contributed by atoms with Crippen molar-refractivity contribution in [3.8, 4) is 5.75 Å². The van der Waals surface area contributed by atoms with Crippen LogP contribution in [0.15, 0.2) is 42.5 Å². The SMILES string of the molecule is CCC(Oc1ccc(F)cc1)C(=O)Nc1cccc(C(=O)OC)c1C. The van der Waals surface area contributed by atoms with Crippen molar-refractivity contribution in [3.63, 3.8) is 0 Å². The highest BCUT2D eigenvalue weighted by Crippen LogP contribution is 2.21. The molecule has 1 N–H and O–H groups in total. The van der Waals surface area contributed by atoms with Crippen LogP contribution < -0.4 is 10.1 Å². The first-order chi connectivity index (χ1) is 12.0. The highest BCUT2D eigenvalue weighted by atomic mass is 19.1. The first-order valence-electron chi connectivity index (χ1n) is 7.87. The molecular formula is C19H20FNO4. The summed E-state index contributed by atoms with van der Waals surface area (Å²) in [6, 6.07) is 10.5. The number of methoxy groups -OCH3 is 1. The second-order valence-corrected chi connectivity index (χ2v) is 5.43. The van der Waals surface area contributed by atoms with Crippen molar-refractivity contribution in [2.24, 2.45) is 0 Å². The van der Waals surface area contributed by atoms with Gasteiger partial charge in [0.2, 0.25) is 0 Å². The maximum absolute atomic E-state index is 13.0. The number of carbonyl (C=O) groups excluding carboxylic acids is 2. The average molecular weight is 345 g/mol. The van der Waals surface area contributed by atoms with E-state index in [0.29, 0.717) is 29.0 Å². The van der Waals surface area contributed by atoms with Crippen LogP contribution in [-0.2, 0) is 9.53 Å². The number of hydrogen-bond acceptors (Lipinski definition) is 4. The molecule has 1 amide bonds. The molecule has 6 heteroatoms. The molecule has 5 nitrogen and oxygen atoms in total. The second kappa shape index (κ2) is 8.28. The van der Waals surface area contributed by atoms with Gasteiger partial charge in [-0.3, -0.25) is 4.79 Å². The first kappa shape index (κ1) is 18.4. The largest absolute Gasteiger partial charge is 0.481 e. The zero-order valence-electron chi connectivity index (χ0n) is 14.3. The van der Waals surface area contributed by atoms with Gasteiger partial charge in [-0.25, -0.2) is 9.18 Å². The molecule has 0 aliphatic carbocycles. The third kappa shape index (κ3) is 4.56. The Kier molecular flexibility index (Phi) is 6.11. The van der Waals surface area contributed by atoms with Gasteiger partial charge in [-0.05, 0) is 55.3 Å². The molecule has 2 aromatic rings. The van der Waals surface area contributed by atoms with Crippen molar-refractivity contribution in [1.29, 1.82) is 0 Å². The first-order valence-corrected chi connectivity index (χ1v) is 7.87. The molecule has 2 rings (SSSR count). The monoisotopic (exact) mass is 345 g/mol. The summed E-state index contributed by atoms with van der Waals surface area (Å²) in [6.45, 7) is 3.54. The summed E-state index contributed by atoms with van der Waals surface area (Å²) >= 11 is 0. The normalized spacial score (nSPS) is 11.5. The minimum atomic E-state index is -0.744. The smallest absolute Gasteiger partial charge is 0.338 e. The van der Waals surface area contributed by atoms with Crippen LogP contribution >= 0.6 is 0 Å². The van der Waals surface area contributed by atoms with Gasteiger partial charge in [-0.2, -0.15) is 0 Å². The summed E-state index contributed by atoms with van der Waals surface area (Å²) in [5.41, 5.74) is 1.50. The van der Waals surface area contributed by atoms with Gasteiger partial charge in [0.1, 0.15) is 11.6 Å². The number of carbonyl (C=O) groups is 2. The lowest BCUT2D eigenvalue weighted by Crippen LogP contribution is -2.32. The molecular weight excluding hydrogens is 325 g/mol. The molecule has 2 aromatic carbocycles. The Balaban J connectivity index is 2.14. The van der Waals surface area contributed by atoms with Crippen LogP contribution in [0.2, 0.25) is 0 Å². The van der Waals surface area contributed by atoms with E-state index in [0.717, 1.165) is 0 Å². The lowest BCUT2D eigenvalue weighted by atomic mass is 10.1. The predicted molar refractivity (Wildman–Crippen MR) is 92.3 cm³/mol. The zero-order valence-corrected chi connectivity index (χ0v) is 14.3. The van der Waals surface area contributed by atoms with Crippen LogP contribution in [0.3, 0.4) is 0 Å². The van der Waals surface area contributed by atoms with E-state index in [9.17, 15) is 14.0 Å². The average Bonchev–Trinajstić information content (AvgIpc) is 2.62. The van der Waals surface area contributed by atoms with Crippen LogP contribution in [0.4, 0.5) is 10.1 Å². The minimum absolute atomic E-state index is 0.350. The Morgan fingerprint density at radius 3 is 2.44 bits per heavy atom. The molecule has 0 saturated carbocycles. The molecule has 0 radical (unpaired) electrons. The van der Waals surface area contributed by atoms with Gasteiger partial charge in [0.05, 0.1) is 12.7 Å². The Morgan fingerprint density at radius 1 is 1.16 bits per heavy atom. The number of nitrogens with one attached hydrogen (secondary N) is 1. The molecule has 0 aliphatic rings. The summed E-state index contributed by atoms with van der Waals surface area (Å²) in [4.78, 5) is 24.2. The highest BCUT2D eigenvalue weighted by Gasteiger charge is 2.20. The van der Waals surface area contributed by atoms with Crippen molar-refractivity contribution in [3.05, 3.63) is 59.4 Å². The Morgan fingerprint density at radius 2 is 1.84 bits per heavy atom. The lowest BCUT2D eigenvalue weighted by Gasteiger charge is -2.18. The number of hydrogen-bond donors (Lipinski definition) is 1. The molecule has 0 aromatic heterocycles. The number of esters is 1.